The van der Waals surface area contributed by atoms with Gasteiger partial charge in [-0.05, 0) is 65.3 Å². The highest BCUT2D eigenvalue weighted by molar-refractivity contribution is 5.97. The first-order chi connectivity index (χ1) is 25.5. The smallest absolute Gasteiger partial charge is 0.329 e. The van der Waals surface area contributed by atoms with Crippen molar-refractivity contribution in [1.29, 1.82) is 0 Å². The number of amides is 4. The van der Waals surface area contributed by atoms with Crippen molar-refractivity contribution in [3.63, 3.8) is 0 Å². The molecule has 0 spiro atoms. The Kier molecular flexibility index (Phi) is 11.8. The highest BCUT2D eigenvalue weighted by atomic mass is 16.5. The SMILES string of the molecule is CC(=O)N[C@H](C(=O)N[C@H](C(=O)N1C[C@H](OCc2cccc3ccccc23)C[C@H]1C(=O)N[C@]1(C(=O)O)C[C@H]1Cc1ccccc1)C(C)C)C1CCCCC1. The van der Waals surface area contributed by atoms with Crippen LogP contribution in [0, 0.1) is 17.8 Å². The number of carboxylic acids is 1. The van der Waals surface area contributed by atoms with Gasteiger partial charge >= 0.3 is 5.97 Å². The lowest BCUT2D eigenvalue weighted by molar-refractivity contribution is -0.146. The van der Waals surface area contributed by atoms with E-state index in [1.807, 2.05) is 86.6 Å². The number of nitrogens with one attached hydrogen (secondary N) is 3. The van der Waals surface area contributed by atoms with Gasteiger partial charge in [0.15, 0.2) is 0 Å². The van der Waals surface area contributed by atoms with Crippen molar-refractivity contribution in [3.05, 3.63) is 83.9 Å². The van der Waals surface area contributed by atoms with Crippen LogP contribution in [0.4, 0.5) is 0 Å². The average Bonchev–Trinajstić information content (AvgIpc) is 3.66. The normalized spacial score (nSPS) is 24.0. The van der Waals surface area contributed by atoms with Crippen LogP contribution in [0.15, 0.2) is 72.8 Å². The van der Waals surface area contributed by atoms with Gasteiger partial charge in [0.1, 0.15) is 23.7 Å². The van der Waals surface area contributed by atoms with Crippen LogP contribution in [0.5, 0.6) is 0 Å². The summed E-state index contributed by atoms with van der Waals surface area (Å²) in [5.74, 6) is -3.54. The summed E-state index contributed by atoms with van der Waals surface area (Å²) in [6, 6.07) is 20.8. The fourth-order valence-corrected chi connectivity index (χ4v) is 8.30. The number of carbonyl (C=O) groups is 5. The van der Waals surface area contributed by atoms with Crippen molar-refractivity contribution in [1.82, 2.24) is 20.9 Å². The van der Waals surface area contributed by atoms with Gasteiger partial charge in [-0.3, -0.25) is 19.2 Å². The maximum Gasteiger partial charge on any atom is 0.329 e. The molecule has 11 nitrogen and oxygen atoms in total. The number of aliphatic carboxylic acids is 1. The van der Waals surface area contributed by atoms with E-state index in [1.165, 1.54) is 11.8 Å². The molecule has 1 heterocycles. The van der Waals surface area contributed by atoms with Crippen molar-refractivity contribution in [3.8, 4) is 0 Å². The fraction of sp³-hybridized carbons (Fsp3) is 0.500. The minimum absolute atomic E-state index is 0.0395. The van der Waals surface area contributed by atoms with Gasteiger partial charge in [-0.15, -0.1) is 0 Å². The van der Waals surface area contributed by atoms with E-state index >= 15 is 0 Å². The van der Waals surface area contributed by atoms with Crippen LogP contribution in [-0.4, -0.2) is 75.9 Å². The topological polar surface area (TPSA) is 154 Å². The second-order valence-corrected chi connectivity index (χ2v) is 15.5. The Bertz CT molecular complexity index is 1800. The van der Waals surface area contributed by atoms with Crippen molar-refractivity contribution in [2.45, 2.75) is 109 Å². The van der Waals surface area contributed by atoms with E-state index in [1.54, 1.807) is 0 Å². The van der Waals surface area contributed by atoms with Crippen LogP contribution in [0.1, 0.15) is 76.8 Å². The summed E-state index contributed by atoms with van der Waals surface area (Å²) >= 11 is 0. The largest absolute Gasteiger partial charge is 0.479 e. The molecule has 3 aromatic carbocycles. The summed E-state index contributed by atoms with van der Waals surface area (Å²) in [5.41, 5.74) is 0.510. The first kappa shape index (κ1) is 38.0. The Morgan fingerprint density at radius 1 is 0.906 bits per heavy atom. The zero-order chi connectivity index (χ0) is 37.7. The summed E-state index contributed by atoms with van der Waals surface area (Å²) in [6.45, 7) is 5.38. The third kappa shape index (κ3) is 8.73. The van der Waals surface area contributed by atoms with Crippen LogP contribution < -0.4 is 16.0 Å². The zero-order valence-corrected chi connectivity index (χ0v) is 30.9. The third-order valence-corrected chi connectivity index (χ3v) is 11.4. The van der Waals surface area contributed by atoms with Gasteiger partial charge in [0.2, 0.25) is 23.6 Å². The molecule has 0 aromatic heterocycles. The lowest BCUT2D eigenvalue weighted by Crippen LogP contribution is -2.60. The van der Waals surface area contributed by atoms with Crippen molar-refractivity contribution in [2.24, 2.45) is 17.8 Å². The molecule has 2 saturated carbocycles. The number of hydrogen-bond donors (Lipinski definition) is 4. The molecule has 3 aromatic rings. The molecular formula is C42H52N4O7. The number of nitrogens with zero attached hydrogens (tertiary/aromatic N) is 1. The minimum Gasteiger partial charge on any atom is -0.479 e. The van der Waals surface area contributed by atoms with E-state index in [0.29, 0.717) is 6.42 Å². The molecule has 2 aliphatic carbocycles. The summed E-state index contributed by atoms with van der Waals surface area (Å²) in [7, 11) is 0. The molecular weight excluding hydrogens is 672 g/mol. The molecule has 53 heavy (non-hydrogen) atoms. The molecule has 0 radical (unpaired) electrons. The first-order valence-corrected chi connectivity index (χ1v) is 19.0. The van der Waals surface area contributed by atoms with Crippen LogP contribution in [0.2, 0.25) is 0 Å². The highest BCUT2D eigenvalue weighted by Crippen LogP contribution is 2.46. The lowest BCUT2D eigenvalue weighted by Gasteiger charge is -2.34. The minimum atomic E-state index is -1.44. The maximum atomic E-state index is 14.5. The number of carbonyl (C=O) groups excluding carboxylic acids is 4. The second-order valence-electron chi connectivity index (χ2n) is 15.5. The van der Waals surface area contributed by atoms with Gasteiger partial charge in [-0.2, -0.15) is 0 Å². The third-order valence-electron chi connectivity index (χ3n) is 11.4. The van der Waals surface area contributed by atoms with Gasteiger partial charge in [0.25, 0.3) is 0 Å². The van der Waals surface area contributed by atoms with Crippen molar-refractivity contribution in [2.75, 3.05) is 6.54 Å². The molecule has 0 bridgehead atoms. The quantitative estimate of drug-likeness (QED) is 0.187. The Morgan fingerprint density at radius 2 is 1.60 bits per heavy atom. The van der Waals surface area contributed by atoms with E-state index in [2.05, 4.69) is 16.0 Å². The van der Waals surface area contributed by atoms with Crippen LogP contribution in [0.3, 0.4) is 0 Å². The number of rotatable bonds is 14. The van der Waals surface area contributed by atoms with Crippen LogP contribution in [0.25, 0.3) is 10.8 Å². The van der Waals surface area contributed by atoms with Gasteiger partial charge in [-0.1, -0.05) is 106 Å². The predicted molar refractivity (Wildman–Crippen MR) is 200 cm³/mol. The van der Waals surface area contributed by atoms with Crippen LogP contribution >= 0.6 is 0 Å². The highest BCUT2D eigenvalue weighted by Gasteiger charge is 2.62. The Labute approximate surface area is 311 Å². The molecule has 4 N–H and O–H groups in total. The number of carboxylic acid groups (broad SMARTS) is 1. The Balaban J connectivity index is 1.22. The molecule has 11 heteroatoms. The first-order valence-electron chi connectivity index (χ1n) is 19.0. The molecule has 6 atom stereocenters. The summed E-state index contributed by atoms with van der Waals surface area (Å²) in [4.78, 5) is 68.9. The van der Waals surface area contributed by atoms with E-state index in [0.717, 1.165) is 54.0 Å². The van der Waals surface area contributed by atoms with E-state index in [-0.39, 0.29) is 49.7 Å². The fourth-order valence-electron chi connectivity index (χ4n) is 8.30. The van der Waals surface area contributed by atoms with E-state index in [4.69, 9.17) is 4.74 Å². The standard InChI is InChI=1S/C42H52N4O7/c1-26(2)36(44-39(49)37(43-27(3)47)30-16-8-5-9-17-30)40(50)46-24-33(53-25-31-19-12-18-29-15-10-11-20-34(29)31)22-35(46)38(48)45-42(41(51)52)23-32(42)21-28-13-6-4-7-14-28/h4,6-7,10-15,18-20,26,30,32-33,35-37H,5,8-9,16-17,21-25H2,1-3H3,(H,43,47)(H,44,49)(H,45,48)(H,51,52)/t32-,33-,35+,36+,37+,42-/m1/s1. The van der Waals surface area contributed by atoms with Gasteiger partial charge < -0.3 is 30.7 Å². The molecule has 4 amide bonds. The van der Waals surface area contributed by atoms with Gasteiger partial charge in [0.05, 0.1) is 12.7 Å². The number of ether oxygens (including phenoxy) is 1. The monoisotopic (exact) mass is 724 g/mol. The second kappa shape index (κ2) is 16.5. The van der Waals surface area contributed by atoms with Gasteiger partial charge in [0, 0.05) is 19.9 Å². The molecule has 6 rings (SSSR count). The van der Waals surface area contributed by atoms with Crippen LogP contribution in [-0.2, 0) is 41.7 Å². The molecule has 1 aliphatic heterocycles. The number of fused-ring (bicyclic) bond motifs is 1. The average molecular weight is 725 g/mol. The number of benzene rings is 3. The van der Waals surface area contributed by atoms with Crippen molar-refractivity contribution < 1.29 is 33.8 Å². The maximum absolute atomic E-state index is 14.5. The summed E-state index contributed by atoms with van der Waals surface area (Å²) < 4.78 is 6.41. The van der Waals surface area contributed by atoms with Gasteiger partial charge in [-0.25, -0.2) is 4.79 Å². The molecule has 3 aliphatic rings. The van der Waals surface area contributed by atoms with E-state index < -0.39 is 53.5 Å². The molecule has 1 saturated heterocycles. The van der Waals surface area contributed by atoms with Crippen molar-refractivity contribution >= 4 is 40.4 Å². The number of likely N-dealkylation sites (tertiary alicyclic amines) is 1. The Hall–Kier alpha value is -4.77. The molecule has 3 fully saturated rings. The predicted octanol–water partition coefficient (Wildman–Crippen LogP) is 4.75. The lowest BCUT2D eigenvalue weighted by atomic mass is 9.83. The molecule has 0 unspecified atom stereocenters. The number of hydrogen-bond acceptors (Lipinski definition) is 6. The summed E-state index contributed by atoms with van der Waals surface area (Å²) in [6.07, 6.45) is 5.04. The van der Waals surface area contributed by atoms with E-state index in [9.17, 15) is 29.1 Å². The summed E-state index contributed by atoms with van der Waals surface area (Å²) in [5, 5.41) is 21.1. The zero-order valence-electron chi connectivity index (χ0n) is 30.9. The molecule has 282 valence electrons. The Morgan fingerprint density at radius 3 is 2.30 bits per heavy atom.